The van der Waals surface area contributed by atoms with E-state index in [0.717, 1.165) is 43.9 Å². The van der Waals surface area contributed by atoms with Crippen LogP contribution in [0.25, 0.3) is 0 Å². The Hall–Kier alpha value is -1.62. The number of hydrogen-bond donors (Lipinski definition) is 2. The molecular formula is C16H24N4O. The fourth-order valence-corrected chi connectivity index (χ4v) is 3.34. The number of nitrogens with zero attached hydrogens (tertiary/aromatic N) is 2. The van der Waals surface area contributed by atoms with Crippen LogP contribution in [0.5, 0.6) is 0 Å². The van der Waals surface area contributed by atoms with Gasteiger partial charge < -0.3 is 16.0 Å². The van der Waals surface area contributed by atoms with E-state index in [-0.39, 0.29) is 11.9 Å². The third-order valence-electron chi connectivity index (χ3n) is 4.98. The minimum atomic E-state index is -0.451. The molecule has 1 amide bonds. The molecule has 2 atom stereocenters. The maximum absolute atomic E-state index is 12.5. The summed E-state index contributed by atoms with van der Waals surface area (Å²) in [4.78, 5) is 19.2. The molecule has 0 aromatic carbocycles. The van der Waals surface area contributed by atoms with Gasteiger partial charge >= 0.3 is 0 Å². The van der Waals surface area contributed by atoms with Crippen LogP contribution in [0, 0.1) is 5.41 Å². The Morgan fingerprint density at radius 3 is 2.71 bits per heavy atom. The zero-order chi connectivity index (χ0) is 14.9. The van der Waals surface area contributed by atoms with Gasteiger partial charge in [-0.25, -0.2) is 4.98 Å². The molecule has 3 rings (SSSR count). The predicted octanol–water partition coefficient (Wildman–Crippen LogP) is 2.14. The summed E-state index contributed by atoms with van der Waals surface area (Å²) >= 11 is 0. The molecule has 1 aliphatic heterocycles. The second-order valence-corrected chi connectivity index (χ2v) is 6.47. The number of rotatable bonds is 3. The van der Waals surface area contributed by atoms with Crippen LogP contribution in [0.15, 0.2) is 18.3 Å². The molecule has 114 valence electrons. The van der Waals surface area contributed by atoms with Gasteiger partial charge in [0.2, 0.25) is 5.91 Å². The third-order valence-corrected chi connectivity index (χ3v) is 4.98. The van der Waals surface area contributed by atoms with Gasteiger partial charge in [-0.3, -0.25) is 4.79 Å². The zero-order valence-electron chi connectivity index (χ0n) is 12.6. The molecule has 5 nitrogen and oxygen atoms in total. The molecule has 2 fully saturated rings. The van der Waals surface area contributed by atoms with Crippen molar-refractivity contribution in [2.75, 3.05) is 23.3 Å². The lowest BCUT2D eigenvalue weighted by molar-refractivity contribution is -0.125. The van der Waals surface area contributed by atoms with Crippen LogP contribution < -0.4 is 16.0 Å². The average Bonchev–Trinajstić information content (AvgIpc) is 3.12. The summed E-state index contributed by atoms with van der Waals surface area (Å²) in [6.45, 7) is 4.11. The van der Waals surface area contributed by atoms with Gasteiger partial charge in [-0.2, -0.15) is 0 Å². The standard InChI is InChI=1S/C16H24N4O/c1-16(8-4-5-13(16)17)15(21)19-12-6-7-14(18-11-12)20-9-2-3-10-20/h6-7,11,13H,2-5,8-10,17H2,1H3,(H,19,21). The van der Waals surface area contributed by atoms with E-state index < -0.39 is 5.41 Å². The minimum absolute atomic E-state index is 0.0169. The van der Waals surface area contributed by atoms with E-state index in [9.17, 15) is 4.79 Å². The van der Waals surface area contributed by atoms with Gasteiger partial charge in [0.05, 0.1) is 17.3 Å². The van der Waals surface area contributed by atoms with Crippen molar-refractivity contribution in [2.45, 2.75) is 45.1 Å². The highest BCUT2D eigenvalue weighted by Gasteiger charge is 2.42. The van der Waals surface area contributed by atoms with Gasteiger partial charge in [0, 0.05) is 19.1 Å². The first-order valence-electron chi connectivity index (χ1n) is 7.88. The maximum Gasteiger partial charge on any atom is 0.231 e. The summed E-state index contributed by atoms with van der Waals surface area (Å²) in [7, 11) is 0. The lowest BCUT2D eigenvalue weighted by atomic mass is 9.84. The number of aromatic nitrogens is 1. The van der Waals surface area contributed by atoms with E-state index in [1.54, 1.807) is 6.20 Å². The smallest absolute Gasteiger partial charge is 0.231 e. The first-order chi connectivity index (χ1) is 10.1. The van der Waals surface area contributed by atoms with Gasteiger partial charge in [0.15, 0.2) is 0 Å². The SMILES string of the molecule is CC1(C(=O)Nc2ccc(N3CCCC3)nc2)CCCC1N. The Balaban J connectivity index is 1.66. The van der Waals surface area contributed by atoms with Gasteiger partial charge in [-0.05, 0) is 44.7 Å². The molecule has 1 saturated carbocycles. The molecule has 2 unspecified atom stereocenters. The molecule has 3 N–H and O–H groups in total. The van der Waals surface area contributed by atoms with Crippen LogP contribution in [0.1, 0.15) is 39.0 Å². The summed E-state index contributed by atoms with van der Waals surface area (Å²) in [6.07, 6.45) is 7.02. The summed E-state index contributed by atoms with van der Waals surface area (Å²) in [5.74, 6) is 1.01. The van der Waals surface area contributed by atoms with E-state index in [4.69, 9.17) is 5.73 Å². The molecule has 2 heterocycles. The number of pyridine rings is 1. The molecule has 0 spiro atoms. The Labute approximate surface area is 125 Å². The number of carbonyl (C=O) groups is 1. The quantitative estimate of drug-likeness (QED) is 0.894. The van der Waals surface area contributed by atoms with Crippen molar-refractivity contribution >= 4 is 17.4 Å². The van der Waals surface area contributed by atoms with E-state index in [1.165, 1.54) is 12.8 Å². The Morgan fingerprint density at radius 2 is 2.14 bits per heavy atom. The normalized spacial score (nSPS) is 28.9. The second kappa shape index (κ2) is 5.64. The molecule has 21 heavy (non-hydrogen) atoms. The number of anilines is 2. The third kappa shape index (κ3) is 2.75. The van der Waals surface area contributed by atoms with Crippen LogP contribution in [-0.2, 0) is 4.79 Å². The second-order valence-electron chi connectivity index (χ2n) is 6.47. The Kier molecular flexibility index (Phi) is 3.85. The largest absolute Gasteiger partial charge is 0.357 e. The monoisotopic (exact) mass is 288 g/mol. The fourth-order valence-electron chi connectivity index (χ4n) is 3.34. The molecule has 2 aliphatic rings. The van der Waals surface area contributed by atoms with Gasteiger partial charge in [-0.1, -0.05) is 6.42 Å². The molecule has 1 aromatic rings. The van der Waals surface area contributed by atoms with Crippen molar-refractivity contribution in [3.05, 3.63) is 18.3 Å². The van der Waals surface area contributed by atoms with Crippen LogP contribution in [0.4, 0.5) is 11.5 Å². The number of nitrogens with two attached hydrogens (primary N) is 1. The van der Waals surface area contributed by atoms with Crippen LogP contribution >= 0.6 is 0 Å². The van der Waals surface area contributed by atoms with Crippen molar-refractivity contribution in [1.29, 1.82) is 0 Å². The zero-order valence-corrected chi connectivity index (χ0v) is 12.6. The molecule has 1 aliphatic carbocycles. The fraction of sp³-hybridized carbons (Fsp3) is 0.625. The molecule has 1 saturated heterocycles. The van der Waals surface area contributed by atoms with E-state index >= 15 is 0 Å². The van der Waals surface area contributed by atoms with Crippen molar-refractivity contribution < 1.29 is 4.79 Å². The Bertz CT molecular complexity index is 510. The van der Waals surface area contributed by atoms with Crippen LogP contribution in [-0.4, -0.2) is 30.0 Å². The van der Waals surface area contributed by atoms with Crippen LogP contribution in [0.2, 0.25) is 0 Å². The summed E-state index contributed by atoms with van der Waals surface area (Å²) in [6, 6.07) is 3.87. The van der Waals surface area contributed by atoms with Crippen molar-refractivity contribution in [3.63, 3.8) is 0 Å². The lowest BCUT2D eigenvalue weighted by Crippen LogP contribution is -2.44. The summed E-state index contributed by atoms with van der Waals surface area (Å²) in [5.41, 5.74) is 6.39. The summed E-state index contributed by atoms with van der Waals surface area (Å²) < 4.78 is 0. The lowest BCUT2D eigenvalue weighted by Gasteiger charge is -2.27. The van der Waals surface area contributed by atoms with Crippen molar-refractivity contribution in [2.24, 2.45) is 11.1 Å². The molecule has 0 radical (unpaired) electrons. The topological polar surface area (TPSA) is 71.2 Å². The minimum Gasteiger partial charge on any atom is -0.357 e. The summed E-state index contributed by atoms with van der Waals surface area (Å²) in [5, 5.41) is 2.97. The van der Waals surface area contributed by atoms with Gasteiger partial charge in [0.1, 0.15) is 5.82 Å². The van der Waals surface area contributed by atoms with Crippen molar-refractivity contribution in [1.82, 2.24) is 4.98 Å². The van der Waals surface area contributed by atoms with Crippen LogP contribution in [0.3, 0.4) is 0 Å². The molecule has 5 heteroatoms. The van der Waals surface area contributed by atoms with Crippen molar-refractivity contribution in [3.8, 4) is 0 Å². The first-order valence-corrected chi connectivity index (χ1v) is 7.88. The number of hydrogen-bond acceptors (Lipinski definition) is 4. The highest BCUT2D eigenvalue weighted by atomic mass is 16.2. The maximum atomic E-state index is 12.5. The van der Waals surface area contributed by atoms with E-state index in [2.05, 4.69) is 15.2 Å². The van der Waals surface area contributed by atoms with E-state index in [0.29, 0.717) is 0 Å². The molecular weight excluding hydrogens is 264 g/mol. The Morgan fingerprint density at radius 1 is 1.38 bits per heavy atom. The highest BCUT2D eigenvalue weighted by Crippen LogP contribution is 2.37. The molecule has 0 bridgehead atoms. The molecule has 1 aromatic heterocycles. The van der Waals surface area contributed by atoms with Gasteiger partial charge in [-0.15, -0.1) is 0 Å². The highest BCUT2D eigenvalue weighted by molar-refractivity contribution is 5.95. The first kappa shape index (κ1) is 14.3. The van der Waals surface area contributed by atoms with Gasteiger partial charge in [0.25, 0.3) is 0 Å². The number of amides is 1. The number of carbonyl (C=O) groups excluding carboxylic acids is 1. The van der Waals surface area contributed by atoms with E-state index in [1.807, 2.05) is 19.1 Å². The number of nitrogens with one attached hydrogen (secondary N) is 1. The predicted molar refractivity (Wildman–Crippen MR) is 84.2 cm³/mol. The average molecular weight is 288 g/mol.